The highest BCUT2D eigenvalue weighted by Crippen LogP contribution is 2.48. The highest BCUT2D eigenvalue weighted by atomic mass is 16.3. The van der Waals surface area contributed by atoms with Gasteiger partial charge in [0.15, 0.2) is 0 Å². The maximum atomic E-state index is 14.6. The van der Waals surface area contributed by atoms with E-state index in [4.69, 9.17) is 4.42 Å². The van der Waals surface area contributed by atoms with Crippen LogP contribution in [0.25, 0.3) is 39.0 Å². The Morgan fingerprint density at radius 3 is 1.92 bits per heavy atom. The molecule has 4 aromatic carbocycles. The Morgan fingerprint density at radius 1 is 0.683 bits per heavy atom. The van der Waals surface area contributed by atoms with Gasteiger partial charge in [-0.3, -0.25) is 9.59 Å². The zero-order valence-corrected chi connectivity index (χ0v) is 39.0. The Morgan fingerprint density at radius 2 is 1.29 bits per heavy atom. The van der Waals surface area contributed by atoms with Crippen LogP contribution in [0.5, 0.6) is 0 Å². The van der Waals surface area contributed by atoms with Gasteiger partial charge in [0, 0.05) is 84.7 Å². The summed E-state index contributed by atoms with van der Waals surface area (Å²) in [5, 5.41) is 2.07. The van der Waals surface area contributed by atoms with Crippen molar-refractivity contribution in [3.05, 3.63) is 148 Å². The molecule has 326 valence electrons. The van der Waals surface area contributed by atoms with E-state index in [0.29, 0.717) is 37.3 Å². The monoisotopic (exact) mass is 842 g/mol. The van der Waals surface area contributed by atoms with Crippen molar-refractivity contribution in [2.45, 2.75) is 86.0 Å². The number of carbonyl (C=O) groups excluding carboxylic acids is 2. The quantitative estimate of drug-likeness (QED) is 0.102. The molecule has 2 aliphatic carbocycles. The second kappa shape index (κ2) is 17.3. The van der Waals surface area contributed by atoms with Gasteiger partial charge in [-0.05, 0) is 134 Å². The fourth-order valence-corrected chi connectivity index (χ4v) is 10.1. The minimum atomic E-state index is -0.0356. The van der Waals surface area contributed by atoms with Gasteiger partial charge in [0.2, 0.25) is 5.36 Å². The Labute approximate surface area is 374 Å². The predicted molar refractivity (Wildman–Crippen MR) is 261 cm³/mol. The van der Waals surface area contributed by atoms with E-state index in [1.807, 2.05) is 52.3 Å². The molecule has 2 heterocycles. The van der Waals surface area contributed by atoms with Crippen LogP contribution in [-0.2, 0) is 10.8 Å². The van der Waals surface area contributed by atoms with Crippen molar-refractivity contribution in [2.75, 3.05) is 57.3 Å². The molecule has 63 heavy (non-hydrogen) atoms. The van der Waals surface area contributed by atoms with Crippen molar-refractivity contribution in [3.63, 3.8) is 0 Å². The highest BCUT2D eigenvalue weighted by Gasteiger charge is 2.38. The van der Waals surface area contributed by atoms with E-state index in [9.17, 15) is 9.59 Å². The smallest absolute Gasteiger partial charge is 0.254 e. The van der Waals surface area contributed by atoms with Crippen LogP contribution in [0.1, 0.15) is 117 Å². The summed E-state index contributed by atoms with van der Waals surface area (Å²) in [6.07, 6.45) is 2.34. The summed E-state index contributed by atoms with van der Waals surface area (Å²) in [5.41, 5.74) is 13.5. The lowest BCUT2D eigenvalue weighted by molar-refractivity contribution is 0.0536. The molecule has 0 bridgehead atoms. The Kier molecular flexibility index (Phi) is 12.0. The number of anilines is 1. The van der Waals surface area contributed by atoms with Crippen molar-refractivity contribution < 1.29 is 14.0 Å². The molecule has 0 N–H and O–H groups in total. The summed E-state index contributed by atoms with van der Waals surface area (Å²) < 4.78 is 9.06. The molecule has 0 atom stereocenters. The van der Waals surface area contributed by atoms with Gasteiger partial charge in [-0.25, -0.2) is 4.58 Å². The summed E-state index contributed by atoms with van der Waals surface area (Å²) in [6, 6.07) is 33.5. The lowest BCUT2D eigenvalue weighted by Crippen LogP contribution is -2.50. The number of fused-ring (bicyclic) bond motifs is 3. The molecular formula is C56H65N4O3+. The minimum Gasteiger partial charge on any atom is -0.456 e. The van der Waals surface area contributed by atoms with E-state index in [1.165, 1.54) is 28.7 Å². The van der Waals surface area contributed by atoms with Gasteiger partial charge in [-0.1, -0.05) is 76.7 Å². The molecule has 1 saturated heterocycles. The van der Waals surface area contributed by atoms with Gasteiger partial charge in [0.25, 0.3) is 11.8 Å². The summed E-state index contributed by atoms with van der Waals surface area (Å²) in [7, 11) is 0. The first-order valence-electron chi connectivity index (χ1n) is 23.2. The van der Waals surface area contributed by atoms with Crippen LogP contribution in [0.2, 0.25) is 0 Å². The van der Waals surface area contributed by atoms with Gasteiger partial charge in [0.05, 0.1) is 6.07 Å². The zero-order valence-electron chi connectivity index (χ0n) is 39.0. The number of carbonyl (C=O) groups is 2. The van der Waals surface area contributed by atoms with Crippen LogP contribution < -0.4 is 14.8 Å². The molecule has 7 heteroatoms. The van der Waals surface area contributed by atoms with Crippen molar-refractivity contribution in [1.82, 2.24) is 14.4 Å². The number of piperazine rings is 1. The number of rotatable bonds is 10. The molecule has 2 amide bonds. The molecule has 0 saturated carbocycles. The number of benzene rings is 5. The zero-order chi connectivity index (χ0) is 44.8. The summed E-state index contributed by atoms with van der Waals surface area (Å²) in [4.78, 5) is 34.6. The topological polar surface area (TPSA) is 60.0 Å². The summed E-state index contributed by atoms with van der Waals surface area (Å²) in [6.45, 7) is 30.2. The van der Waals surface area contributed by atoms with Gasteiger partial charge < -0.3 is 19.1 Å². The molecule has 0 radical (unpaired) electrons. The largest absolute Gasteiger partial charge is 0.456 e. The van der Waals surface area contributed by atoms with E-state index < -0.39 is 0 Å². The van der Waals surface area contributed by atoms with E-state index in [-0.39, 0.29) is 22.6 Å². The lowest BCUT2D eigenvalue weighted by Gasteiger charge is -2.42. The Hall–Kier alpha value is -5.95. The van der Waals surface area contributed by atoms with E-state index in [2.05, 4.69) is 133 Å². The molecule has 0 unspecified atom stereocenters. The standard InChI is InChI=1S/C56H65N4O3/c1-11-57(12-2)41-23-25-45-50(34-41)63-51-35-42(58(13-3)14-4)24-26-46(51)52(45)43-17-15-16-18-44(43)54(62)60-31-29-59(30-32-60)53(61)40-21-19-39(20-22-40)38(6)47-36-49-48(33-37(47)5)55(7,8)27-28-56(49,9)10/h15-26,33-36H,6,11-14,27-32H2,1-5,7-10H3/q+1. The molecule has 1 fully saturated rings. The number of hydrogen-bond donors (Lipinski definition) is 0. The third kappa shape index (κ3) is 8.11. The molecule has 4 aliphatic rings. The van der Waals surface area contributed by atoms with Crippen LogP contribution in [0.3, 0.4) is 0 Å². The van der Waals surface area contributed by atoms with Gasteiger partial charge in [0.1, 0.15) is 24.4 Å². The number of hydrogen-bond acceptors (Lipinski definition) is 4. The molecule has 4 aromatic rings. The normalized spacial score (nSPS) is 15.6. The van der Waals surface area contributed by atoms with E-state index in [1.54, 1.807) is 0 Å². The van der Waals surface area contributed by atoms with Gasteiger partial charge in [-0.2, -0.15) is 0 Å². The summed E-state index contributed by atoms with van der Waals surface area (Å²) >= 11 is 0. The Balaban J connectivity index is 1.03. The first-order valence-corrected chi connectivity index (χ1v) is 23.2. The number of amides is 2. The third-order valence-corrected chi connectivity index (χ3v) is 14.2. The lowest BCUT2D eigenvalue weighted by atomic mass is 9.62. The number of nitrogens with zero attached hydrogens (tertiary/aromatic N) is 4. The second-order valence-electron chi connectivity index (χ2n) is 18.8. The van der Waals surface area contributed by atoms with Crippen LogP contribution in [0.15, 0.2) is 108 Å². The van der Waals surface area contributed by atoms with Crippen molar-refractivity contribution >= 4 is 34.0 Å². The first kappa shape index (κ1) is 43.7. The van der Waals surface area contributed by atoms with Crippen molar-refractivity contribution in [2.24, 2.45) is 0 Å². The fourth-order valence-electron chi connectivity index (χ4n) is 10.1. The summed E-state index contributed by atoms with van der Waals surface area (Å²) in [5.74, 6) is 0.728. The van der Waals surface area contributed by atoms with Crippen LogP contribution in [0, 0.1) is 6.92 Å². The molecule has 2 aliphatic heterocycles. The third-order valence-electron chi connectivity index (χ3n) is 14.2. The van der Waals surface area contributed by atoms with Crippen molar-refractivity contribution in [3.8, 4) is 22.5 Å². The van der Waals surface area contributed by atoms with Gasteiger partial charge in [-0.15, -0.1) is 0 Å². The van der Waals surface area contributed by atoms with Crippen LogP contribution in [0.4, 0.5) is 5.69 Å². The molecule has 0 spiro atoms. The first-order chi connectivity index (χ1) is 30.2. The average molecular weight is 842 g/mol. The van der Waals surface area contributed by atoms with Crippen LogP contribution >= 0.6 is 0 Å². The molecule has 7 nitrogen and oxygen atoms in total. The maximum absolute atomic E-state index is 14.6. The van der Waals surface area contributed by atoms with Gasteiger partial charge >= 0.3 is 0 Å². The van der Waals surface area contributed by atoms with E-state index in [0.717, 1.165) is 88.2 Å². The predicted octanol–water partition coefficient (Wildman–Crippen LogP) is 11.2. The fraction of sp³-hybridized carbons (Fsp3) is 0.375. The highest BCUT2D eigenvalue weighted by molar-refractivity contribution is 6.09. The second-order valence-corrected chi connectivity index (χ2v) is 18.8. The molecular weight excluding hydrogens is 777 g/mol. The maximum Gasteiger partial charge on any atom is 0.254 e. The van der Waals surface area contributed by atoms with Crippen molar-refractivity contribution in [1.29, 1.82) is 0 Å². The number of aryl methyl sites for hydroxylation is 1. The SMILES string of the molecule is C=C(c1ccc(C(=O)N2CCN(C(=O)c3ccccc3-c3c4ccc(=[N+](CC)CC)cc-4oc4cc(N(CC)CC)ccc34)CC2)cc1)c1cc2c(cc1C)C(C)(C)CCC2(C)C. The molecule has 0 aromatic heterocycles. The molecule has 8 rings (SSSR count). The Bertz CT molecular complexity index is 2750. The average Bonchev–Trinajstić information content (AvgIpc) is 3.30. The minimum absolute atomic E-state index is 0.0206. The van der Waals surface area contributed by atoms with Crippen LogP contribution in [-0.4, -0.2) is 74.0 Å². The van der Waals surface area contributed by atoms with E-state index >= 15 is 0 Å².